The number of hydrogen-bond donors (Lipinski definition) is 1. The Morgan fingerprint density at radius 3 is 1.09 bits per heavy atom. The van der Waals surface area contributed by atoms with Crippen molar-refractivity contribution in [1.82, 2.24) is 0 Å². The quantitative estimate of drug-likeness (QED) is 0.0103. The third-order valence-corrected chi connectivity index (χ3v) is 18.7. The Bertz CT molecular complexity index is 3980. The molecule has 1 N–H and O–H groups in total. The number of halogens is 1. The molecule has 0 aromatic heterocycles. The summed E-state index contributed by atoms with van der Waals surface area (Å²) in [6.07, 6.45) is 0. The normalized spacial score (nSPS) is 10.6. The van der Waals surface area contributed by atoms with Gasteiger partial charge in [0.25, 0.3) is 6.47 Å². The van der Waals surface area contributed by atoms with Crippen LogP contribution in [0.1, 0.15) is 64.5 Å². The van der Waals surface area contributed by atoms with E-state index in [0.29, 0.717) is 59.5 Å². The van der Waals surface area contributed by atoms with Gasteiger partial charge in [-0.3, -0.25) is 4.79 Å². The van der Waals surface area contributed by atoms with Gasteiger partial charge >= 0.3 is 115 Å². The molecular weight excluding hydrogens is 1390 g/mol. The van der Waals surface area contributed by atoms with Crippen molar-refractivity contribution in [2.75, 3.05) is 68.1 Å². The number of sulfone groups is 2. The Hall–Kier alpha value is -5.18. The van der Waals surface area contributed by atoms with Crippen LogP contribution in [0.4, 0.5) is 0 Å². The Morgan fingerprint density at radius 2 is 0.781 bits per heavy atom. The number of carboxylic acid groups (broad SMARTS) is 1. The fourth-order valence-corrected chi connectivity index (χ4v) is 12.1. The molecule has 0 unspecified atom stereocenters. The molecule has 0 aliphatic carbocycles. The zero-order valence-corrected chi connectivity index (χ0v) is 65.5. The average molecular weight is 1470 g/mol. The summed E-state index contributed by atoms with van der Waals surface area (Å²) in [6, 6.07) is 42.3. The second-order valence-corrected chi connectivity index (χ2v) is 25.5. The van der Waals surface area contributed by atoms with E-state index in [9.17, 15) is 26.4 Å². The molecule has 0 amide bonds. The van der Waals surface area contributed by atoms with E-state index in [1.807, 2.05) is 26.0 Å². The van der Waals surface area contributed by atoms with Gasteiger partial charge < -0.3 is 59.3 Å². The van der Waals surface area contributed by atoms with Gasteiger partial charge in [0, 0.05) is 30.7 Å². The van der Waals surface area contributed by atoms with Crippen molar-refractivity contribution in [2.24, 2.45) is 0 Å². The Kier molecular flexibility index (Phi) is 39.3. The van der Waals surface area contributed by atoms with Gasteiger partial charge in [0.15, 0.2) is 0 Å². The minimum Gasteiger partial charge on any atom is -1.00 e. The maximum Gasteiger partial charge on any atom is 1.00 e. The summed E-state index contributed by atoms with van der Waals surface area (Å²) >= 11 is 3.61. The molecular formula is C72H83BrK2O19S2. The zero-order valence-electron chi connectivity index (χ0n) is 57.1. The van der Waals surface area contributed by atoms with E-state index in [1.54, 1.807) is 87.0 Å². The molecule has 0 heterocycles. The maximum absolute atomic E-state index is 13.2. The van der Waals surface area contributed by atoms with E-state index in [1.165, 1.54) is 77.4 Å². The van der Waals surface area contributed by atoms with E-state index in [2.05, 4.69) is 108 Å². The SMILES string of the molecule is C.COCCOCC(=O)O.COCCOCC(=O)OCc1cc(-c2cc(C)c(C)c(C)c2)cc(C)c1Oc1ccc(S(=O)(=O)c2ccc(OC)cc2)cc1.COc1ccc(S(=O)(=O)c2ccc(Oc3c(C)cc(-c4cc(C)c(C)c(C)c4)cc3CBr)cc2)cc1.O=CO[O-].[H-].[K+].[K+]. The van der Waals surface area contributed by atoms with Crippen LogP contribution in [-0.4, -0.2) is 108 Å². The molecule has 19 nitrogen and oxygen atoms in total. The van der Waals surface area contributed by atoms with E-state index >= 15 is 0 Å². The van der Waals surface area contributed by atoms with Crippen LogP contribution >= 0.6 is 15.9 Å². The number of aliphatic carboxylic acids is 1. The van der Waals surface area contributed by atoms with E-state index in [0.717, 1.165) is 39.1 Å². The van der Waals surface area contributed by atoms with Crippen LogP contribution in [0.2, 0.25) is 0 Å². The summed E-state index contributed by atoms with van der Waals surface area (Å²) in [5.74, 6) is 2.01. The maximum atomic E-state index is 13.2. The monoisotopic (exact) mass is 1470 g/mol. The first-order valence-corrected chi connectivity index (χ1v) is 33.0. The first kappa shape index (κ1) is 86.9. The van der Waals surface area contributed by atoms with E-state index in [-0.39, 0.29) is 164 Å². The third kappa shape index (κ3) is 25.8. The number of carbonyl (C=O) groups excluding carboxylic acids is 2. The molecule has 0 fully saturated rings. The predicted molar refractivity (Wildman–Crippen MR) is 362 cm³/mol. The van der Waals surface area contributed by atoms with Crippen molar-refractivity contribution < 1.29 is 193 Å². The minimum atomic E-state index is -3.73. The second-order valence-electron chi connectivity index (χ2n) is 21.0. The molecule has 24 heteroatoms. The van der Waals surface area contributed by atoms with Gasteiger partial charge in [-0.2, -0.15) is 0 Å². The van der Waals surface area contributed by atoms with Crippen molar-refractivity contribution in [2.45, 2.75) is 94.3 Å². The second kappa shape index (κ2) is 43.4. The predicted octanol–water partition coefficient (Wildman–Crippen LogP) is 7.97. The minimum absolute atomic E-state index is 0. The molecule has 0 aliphatic heterocycles. The number of alkyl halides is 1. The molecule has 8 aromatic rings. The molecule has 0 atom stereocenters. The molecule has 8 aromatic carbocycles. The first-order valence-electron chi connectivity index (χ1n) is 28.9. The summed E-state index contributed by atoms with van der Waals surface area (Å²) in [6.45, 7) is 17.4. The fourth-order valence-electron chi connectivity index (χ4n) is 9.12. The van der Waals surface area contributed by atoms with Crippen LogP contribution < -0.4 is 127 Å². The topological polar surface area (TPSA) is 255 Å². The molecule has 0 saturated heterocycles. The van der Waals surface area contributed by atoms with Crippen LogP contribution in [0.5, 0.6) is 34.5 Å². The molecule has 506 valence electrons. The van der Waals surface area contributed by atoms with Crippen molar-refractivity contribution in [3.63, 3.8) is 0 Å². The van der Waals surface area contributed by atoms with Gasteiger partial charge in [-0.15, -0.1) is 0 Å². The van der Waals surface area contributed by atoms with Gasteiger partial charge in [0.1, 0.15) is 54.3 Å². The van der Waals surface area contributed by atoms with Gasteiger partial charge in [-0.25, -0.2) is 26.4 Å². The number of ether oxygens (including phenoxy) is 9. The Labute approximate surface area is 659 Å². The van der Waals surface area contributed by atoms with Crippen molar-refractivity contribution in [3.05, 3.63) is 201 Å². The van der Waals surface area contributed by atoms with Crippen molar-refractivity contribution in [1.29, 1.82) is 0 Å². The van der Waals surface area contributed by atoms with Gasteiger partial charge in [-0.1, -0.05) is 47.6 Å². The van der Waals surface area contributed by atoms with Gasteiger partial charge in [0.05, 0.1) is 60.2 Å². The van der Waals surface area contributed by atoms with Gasteiger partial charge in [0.2, 0.25) is 19.7 Å². The number of carboxylic acids is 1. The number of aryl methyl sites for hydroxylation is 6. The van der Waals surface area contributed by atoms with E-state index in [4.69, 9.17) is 48.3 Å². The van der Waals surface area contributed by atoms with Gasteiger partial charge in [-0.05, 0) is 243 Å². The standard InChI is InChI=1S/C35H38O8S.C30H29BrO4S.C5H10O4.CH2O3.CH4.2K.H/c1-23-17-27(18-24(2)26(23)4)28-19-25(3)35(29(20-28)21-42-34(36)22-41-16-15-39-5)43-31-9-13-33(14-10-31)44(37,38)32-11-7-30(40-6)8-12-32;1-19-14-23(15-20(2)22(19)4)24-16-21(3)30(25(17-24)18-31)35-27-8-12-29(13-9-27)36(32,33)28-10-6-26(34-5)7-11-28;1-8-2-3-9-4-5(6)7;2-1-4-3;;;;/h7-14,17-20H,15-16,21-22H2,1-6H3;6-17H,18H2,1-5H3;2-4H2,1H3,(H,6,7);1,3H;1H4;;;/q;;;;;2*+1;-1/p-1. The molecule has 0 saturated carbocycles. The Morgan fingerprint density at radius 1 is 0.479 bits per heavy atom. The molecule has 0 aliphatic rings. The molecule has 0 bridgehead atoms. The average Bonchev–Trinajstić information content (AvgIpc) is 0.812. The molecule has 8 rings (SSSR count). The van der Waals surface area contributed by atoms with Crippen LogP contribution in [0.3, 0.4) is 0 Å². The summed E-state index contributed by atoms with van der Waals surface area (Å²) in [5, 5.41) is 17.1. The van der Waals surface area contributed by atoms with Crippen LogP contribution in [0.25, 0.3) is 22.3 Å². The number of methoxy groups -OCH3 is 4. The largest absolute Gasteiger partial charge is 1.00 e. The molecule has 96 heavy (non-hydrogen) atoms. The van der Waals surface area contributed by atoms with Crippen LogP contribution in [0.15, 0.2) is 165 Å². The smallest absolute Gasteiger partial charge is 1.00 e. The van der Waals surface area contributed by atoms with Crippen LogP contribution in [-0.2, 0) is 74.6 Å². The number of esters is 1. The number of benzene rings is 8. The molecule has 0 radical (unpaired) electrons. The Balaban J connectivity index is 0.000000800. The summed E-state index contributed by atoms with van der Waals surface area (Å²) in [5.41, 5.74) is 15.3. The number of hydrogen-bond acceptors (Lipinski definition) is 18. The van der Waals surface area contributed by atoms with E-state index < -0.39 is 31.6 Å². The van der Waals surface area contributed by atoms with Crippen molar-refractivity contribution in [3.8, 4) is 56.8 Å². The fraction of sp³-hybridized carbons (Fsp3) is 0.292. The summed E-state index contributed by atoms with van der Waals surface area (Å²) < 4.78 is 100. The third-order valence-electron chi connectivity index (χ3n) is 14.6. The zero-order chi connectivity index (χ0) is 68.4. The number of carbonyl (C=O) groups is 3. The number of rotatable bonds is 26. The van der Waals surface area contributed by atoms with Crippen LogP contribution in [0, 0.1) is 55.4 Å². The molecule has 0 spiro atoms. The summed E-state index contributed by atoms with van der Waals surface area (Å²) in [7, 11) is -1.22. The van der Waals surface area contributed by atoms with Crippen molar-refractivity contribution >= 4 is 54.0 Å². The first-order chi connectivity index (χ1) is 44.3. The summed E-state index contributed by atoms with van der Waals surface area (Å²) in [4.78, 5) is 34.2.